The van der Waals surface area contributed by atoms with Crippen molar-refractivity contribution < 1.29 is 9.90 Å². The fourth-order valence-electron chi connectivity index (χ4n) is 3.55. The number of aryl methyl sites for hydroxylation is 1. The first-order chi connectivity index (χ1) is 11.5. The highest BCUT2D eigenvalue weighted by atomic mass is 16.3. The molecular formula is C17H29N5O2. The summed E-state index contributed by atoms with van der Waals surface area (Å²) in [6.07, 6.45) is 5.56. The standard InChI is InChI=1S/C17H29N5O2/c1-20-5-7-22(8-6-20)4-3-16(24)19-17(13-9-15(23)10-13)14-11-18-21(2)12-14/h11-13,15,17,23H,3-10H2,1-2H3,(H,19,24)/t13?,15?,17-/m1/s1. The fraction of sp³-hybridized carbons (Fsp3) is 0.765. The van der Waals surface area contributed by atoms with E-state index < -0.39 is 0 Å². The van der Waals surface area contributed by atoms with Gasteiger partial charge in [-0.15, -0.1) is 0 Å². The summed E-state index contributed by atoms with van der Waals surface area (Å²) in [6.45, 7) is 5.02. The minimum atomic E-state index is -0.226. The molecule has 1 amide bonds. The predicted molar refractivity (Wildman–Crippen MR) is 91.4 cm³/mol. The van der Waals surface area contributed by atoms with E-state index in [-0.39, 0.29) is 18.1 Å². The van der Waals surface area contributed by atoms with Crippen LogP contribution >= 0.6 is 0 Å². The minimum absolute atomic E-state index is 0.0397. The van der Waals surface area contributed by atoms with Crippen LogP contribution in [-0.4, -0.2) is 76.5 Å². The van der Waals surface area contributed by atoms with Gasteiger partial charge in [0, 0.05) is 58.0 Å². The van der Waals surface area contributed by atoms with E-state index in [0.29, 0.717) is 12.3 Å². The Morgan fingerprint density at radius 3 is 2.62 bits per heavy atom. The smallest absolute Gasteiger partial charge is 0.221 e. The largest absolute Gasteiger partial charge is 0.393 e. The number of aliphatic hydroxyl groups excluding tert-OH is 1. The lowest BCUT2D eigenvalue weighted by Gasteiger charge is -2.38. The molecule has 1 aliphatic carbocycles. The Balaban J connectivity index is 1.51. The lowest BCUT2D eigenvalue weighted by atomic mass is 9.75. The number of amides is 1. The van der Waals surface area contributed by atoms with E-state index in [2.05, 4.69) is 27.3 Å². The van der Waals surface area contributed by atoms with Crippen LogP contribution in [0, 0.1) is 5.92 Å². The molecule has 1 aliphatic heterocycles. The van der Waals surface area contributed by atoms with Crippen LogP contribution in [-0.2, 0) is 11.8 Å². The van der Waals surface area contributed by atoms with Crippen molar-refractivity contribution in [2.24, 2.45) is 13.0 Å². The van der Waals surface area contributed by atoms with Crippen molar-refractivity contribution in [3.8, 4) is 0 Å². The average molecular weight is 335 g/mol. The Labute approximate surface area is 143 Å². The van der Waals surface area contributed by atoms with Gasteiger partial charge in [0.25, 0.3) is 0 Å². The molecule has 3 rings (SSSR count). The second kappa shape index (κ2) is 7.63. The van der Waals surface area contributed by atoms with Gasteiger partial charge < -0.3 is 20.2 Å². The number of piperazine rings is 1. The molecule has 0 aromatic carbocycles. The van der Waals surface area contributed by atoms with Crippen LogP contribution < -0.4 is 5.32 Å². The maximum Gasteiger partial charge on any atom is 0.221 e. The van der Waals surface area contributed by atoms with Crippen LogP contribution in [0.25, 0.3) is 0 Å². The molecule has 134 valence electrons. The average Bonchev–Trinajstić information content (AvgIpc) is 2.96. The third-order valence-corrected chi connectivity index (χ3v) is 5.27. The van der Waals surface area contributed by atoms with Crippen molar-refractivity contribution in [2.75, 3.05) is 39.8 Å². The highest BCUT2D eigenvalue weighted by Gasteiger charge is 2.36. The summed E-state index contributed by atoms with van der Waals surface area (Å²) >= 11 is 0. The van der Waals surface area contributed by atoms with Gasteiger partial charge in [-0.3, -0.25) is 9.48 Å². The number of nitrogens with one attached hydrogen (secondary N) is 1. The molecule has 2 N–H and O–H groups in total. The quantitative estimate of drug-likeness (QED) is 0.765. The molecule has 0 spiro atoms. The van der Waals surface area contributed by atoms with Gasteiger partial charge in [-0.1, -0.05) is 0 Å². The van der Waals surface area contributed by atoms with Crippen LogP contribution in [0.4, 0.5) is 0 Å². The second-order valence-electron chi connectivity index (χ2n) is 7.27. The number of carbonyl (C=O) groups excluding carboxylic acids is 1. The normalized spacial score (nSPS) is 26.8. The number of likely N-dealkylation sites (N-methyl/N-ethyl adjacent to an activating group) is 1. The van der Waals surface area contributed by atoms with E-state index in [1.165, 1.54) is 0 Å². The highest BCUT2D eigenvalue weighted by Crippen LogP contribution is 2.37. The van der Waals surface area contributed by atoms with Gasteiger partial charge in [0.15, 0.2) is 0 Å². The van der Waals surface area contributed by atoms with Crippen molar-refractivity contribution >= 4 is 5.91 Å². The molecule has 1 aromatic heterocycles. The van der Waals surface area contributed by atoms with E-state index >= 15 is 0 Å². The van der Waals surface area contributed by atoms with Crippen LogP contribution in [0.5, 0.6) is 0 Å². The third kappa shape index (κ3) is 4.34. The number of rotatable bonds is 6. The zero-order chi connectivity index (χ0) is 17.1. The molecule has 2 fully saturated rings. The van der Waals surface area contributed by atoms with Gasteiger partial charge in [-0.05, 0) is 25.8 Å². The lowest BCUT2D eigenvalue weighted by molar-refractivity contribution is -0.123. The molecule has 0 unspecified atom stereocenters. The summed E-state index contributed by atoms with van der Waals surface area (Å²) in [5.41, 5.74) is 1.03. The lowest BCUT2D eigenvalue weighted by Crippen LogP contribution is -2.46. The zero-order valence-corrected chi connectivity index (χ0v) is 14.7. The molecule has 7 nitrogen and oxygen atoms in total. The molecule has 1 aromatic rings. The number of carbonyl (C=O) groups is 1. The van der Waals surface area contributed by atoms with E-state index in [0.717, 1.165) is 51.1 Å². The minimum Gasteiger partial charge on any atom is -0.393 e. The molecule has 1 saturated heterocycles. The summed E-state index contributed by atoms with van der Waals surface area (Å²) in [6, 6.07) is -0.0397. The number of aromatic nitrogens is 2. The van der Waals surface area contributed by atoms with Gasteiger partial charge in [-0.25, -0.2) is 0 Å². The van der Waals surface area contributed by atoms with Crippen molar-refractivity contribution in [3.05, 3.63) is 18.0 Å². The topological polar surface area (TPSA) is 73.6 Å². The monoisotopic (exact) mass is 335 g/mol. The summed E-state index contributed by atoms with van der Waals surface area (Å²) < 4.78 is 1.76. The van der Waals surface area contributed by atoms with Crippen LogP contribution in [0.3, 0.4) is 0 Å². The van der Waals surface area contributed by atoms with E-state index in [1.807, 2.05) is 19.4 Å². The third-order valence-electron chi connectivity index (χ3n) is 5.27. The first-order valence-corrected chi connectivity index (χ1v) is 8.88. The summed E-state index contributed by atoms with van der Waals surface area (Å²) in [5, 5.41) is 17.0. The van der Waals surface area contributed by atoms with Gasteiger partial charge in [-0.2, -0.15) is 5.10 Å². The van der Waals surface area contributed by atoms with Crippen molar-refractivity contribution in [1.82, 2.24) is 24.9 Å². The SMILES string of the molecule is CN1CCN(CCC(=O)N[C@@H](c2cnn(C)c2)C2CC(O)C2)CC1. The van der Waals surface area contributed by atoms with Gasteiger partial charge in [0.05, 0.1) is 18.3 Å². The molecule has 1 saturated carbocycles. The maximum atomic E-state index is 12.4. The molecule has 7 heteroatoms. The van der Waals surface area contributed by atoms with Gasteiger partial charge in [0.1, 0.15) is 0 Å². The summed E-state index contributed by atoms with van der Waals surface area (Å²) in [5.74, 6) is 0.390. The number of aliphatic hydroxyl groups is 1. The molecule has 0 radical (unpaired) electrons. The van der Waals surface area contributed by atoms with Crippen molar-refractivity contribution in [1.29, 1.82) is 0 Å². The molecule has 2 heterocycles. The molecule has 1 atom stereocenters. The highest BCUT2D eigenvalue weighted by molar-refractivity contribution is 5.76. The first kappa shape index (κ1) is 17.4. The maximum absolute atomic E-state index is 12.4. The second-order valence-corrected chi connectivity index (χ2v) is 7.27. The Morgan fingerprint density at radius 2 is 2.04 bits per heavy atom. The van der Waals surface area contributed by atoms with Crippen molar-refractivity contribution in [3.63, 3.8) is 0 Å². The molecule has 24 heavy (non-hydrogen) atoms. The van der Waals surface area contributed by atoms with E-state index in [9.17, 15) is 9.90 Å². The van der Waals surface area contributed by atoms with Gasteiger partial charge >= 0.3 is 0 Å². The van der Waals surface area contributed by atoms with Crippen LogP contribution in [0.15, 0.2) is 12.4 Å². The Hall–Kier alpha value is -1.44. The van der Waals surface area contributed by atoms with E-state index in [1.54, 1.807) is 4.68 Å². The summed E-state index contributed by atoms with van der Waals surface area (Å²) in [7, 11) is 4.01. The molecule has 0 bridgehead atoms. The summed E-state index contributed by atoms with van der Waals surface area (Å²) in [4.78, 5) is 17.1. The number of hydrogen-bond donors (Lipinski definition) is 2. The van der Waals surface area contributed by atoms with Gasteiger partial charge in [0.2, 0.25) is 5.91 Å². The first-order valence-electron chi connectivity index (χ1n) is 8.88. The number of nitrogens with zero attached hydrogens (tertiary/aromatic N) is 4. The Kier molecular flexibility index (Phi) is 5.53. The molecule has 2 aliphatic rings. The van der Waals surface area contributed by atoms with E-state index in [4.69, 9.17) is 0 Å². The molecular weight excluding hydrogens is 306 g/mol. The predicted octanol–water partition coefficient (Wildman–Crippen LogP) is -0.0142. The zero-order valence-electron chi connectivity index (χ0n) is 14.7. The fourth-order valence-corrected chi connectivity index (χ4v) is 3.55. The number of hydrogen-bond acceptors (Lipinski definition) is 5. The van der Waals surface area contributed by atoms with Crippen molar-refractivity contribution in [2.45, 2.75) is 31.4 Å². The Bertz CT molecular complexity index is 547. The van der Waals surface area contributed by atoms with Crippen LogP contribution in [0.2, 0.25) is 0 Å². The Morgan fingerprint density at radius 1 is 1.33 bits per heavy atom. The van der Waals surface area contributed by atoms with Crippen LogP contribution in [0.1, 0.15) is 30.9 Å².